The molecule has 0 bridgehead atoms. The number of aliphatic imine (C=N–C) groups is 1. The van der Waals surface area contributed by atoms with E-state index in [2.05, 4.69) is 26.6 Å². The number of rotatable bonds is 10. The molecule has 0 saturated heterocycles. The fraction of sp³-hybridized carbons (Fsp3) is 0.909. The fourth-order valence-corrected chi connectivity index (χ4v) is 2.27. The molecule has 0 radical (unpaired) electrons. The van der Waals surface area contributed by atoms with Crippen LogP contribution >= 0.6 is 11.8 Å². The average Bonchev–Trinajstić information content (AvgIpc) is 2.33. The molecule has 0 aliphatic rings. The maximum Gasteiger partial charge on any atom is 0.208 e. The zero-order chi connectivity index (χ0) is 14.6. The summed E-state index contributed by atoms with van der Waals surface area (Å²) < 4.78 is 24.2. The Bertz CT molecular complexity index is 345. The summed E-state index contributed by atoms with van der Waals surface area (Å²) in [7, 11) is -3.11. The van der Waals surface area contributed by atoms with Gasteiger partial charge in [0.2, 0.25) is 10.0 Å². The highest BCUT2D eigenvalue weighted by Crippen LogP contribution is 1.98. The Morgan fingerprint density at radius 3 is 2.53 bits per heavy atom. The lowest BCUT2D eigenvalue weighted by Crippen LogP contribution is -2.41. The van der Waals surface area contributed by atoms with Crippen LogP contribution < -0.4 is 15.4 Å². The van der Waals surface area contributed by atoms with Crippen LogP contribution in [0.4, 0.5) is 0 Å². The number of hydrogen-bond acceptors (Lipinski definition) is 4. The summed E-state index contributed by atoms with van der Waals surface area (Å²) in [5.74, 6) is 1.90. The topological polar surface area (TPSA) is 82.6 Å². The highest BCUT2D eigenvalue weighted by atomic mass is 32.2. The molecule has 8 heteroatoms. The quantitative estimate of drug-likeness (QED) is 0.306. The number of nitrogens with zero attached hydrogens (tertiary/aromatic N) is 1. The molecule has 0 aliphatic carbocycles. The Morgan fingerprint density at radius 2 is 1.95 bits per heavy atom. The highest BCUT2D eigenvalue weighted by molar-refractivity contribution is 7.98. The van der Waals surface area contributed by atoms with E-state index in [0.29, 0.717) is 13.1 Å². The van der Waals surface area contributed by atoms with Gasteiger partial charge in [-0.1, -0.05) is 0 Å². The average molecular weight is 310 g/mol. The third kappa shape index (κ3) is 13.8. The molecule has 0 atom stereocenters. The van der Waals surface area contributed by atoms with Crippen molar-refractivity contribution in [3.05, 3.63) is 0 Å². The Kier molecular flexibility index (Phi) is 11.1. The van der Waals surface area contributed by atoms with E-state index in [1.807, 2.05) is 18.7 Å². The summed E-state index contributed by atoms with van der Waals surface area (Å²) in [6, 6.07) is 0. The van der Waals surface area contributed by atoms with Crippen LogP contribution in [0.25, 0.3) is 0 Å². The molecule has 114 valence electrons. The van der Waals surface area contributed by atoms with Gasteiger partial charge in [-0.3, -0.25) is 4.99 Å². The minimum Gasteiger partial charge on any atom is -0.357 e. The number of unbranched alkanes of at least 4 members (excludes halogenated alkanes) is 1. The van der Waals surface area contributed by atoms with Crippen LogP contribution in [0, 0.1) is 0 Å². The third-order valence-corrected chi connectivity index (χ3v) is 3.58. The normalized spacial score (nSPS) is 12.5. The lowest BCUT2D eigenvalue weighted by atomic mass is 10.3. The summed E-state index contributed by atoms with van der Waals surface area (Å²) >= 11 is 1.84. The Balaban J connectivity index is 3.87. The van der Waals surface area contributed by atoms with Crippen molar-refractivity contribution < 1.29 is 8.42 Å². The Labute approximate surface area is 121 Å². The molecule has 3 N–H and O–H groups in total. The molecule has 6 nitrogen and oxygen atoms in total. The van der Waals surface area contributed by atoms with E-state index in [4.69, 9.17) is 0 Å². The minimum absolute atomic E-state index is 0.357. The molecule has 0 amide bonds. The van der Waals surface area contributed by atoms with Crippen molar-refractivity contribution in [2.24, 2.45) is 4.99 Å². The molecule has 0 aromatic heterocycles. The fourth-order valence-electron chi connectivity index (χ4n) is 1.31. The van der Waals surface area contributed by atoms with E-state index in [9.17, 15) is 8.42 Å². The van der Waals surface area contributed by atoms with Gasteiger partial charge in [-0.15, -0.1) is 0 Å². The van der Waals surface area contributed by atoms with Crippen molar-refractivity contribution in [3.63, 3.8) is 0 Å². The summed E-state index contributed by atoms with van der Waals surface area (Å²) in [6.07, 6.45) is 5.49. The Morgan fingerprint density at radius 1 is 1.21 bits per heavy atom. The monoisotopic (exact) mass is 310 g/mol. The van der Waals surface area contributed by atoms with Crippen LogP contribution in [0.5, 0.6) is 0 Å². The first-order valence-electron chi connectivity index (χ1n) is 6.45. The SMILES string of the molecule is CCNC(=NCCCCSC)NCCNS(C)(=O)=O. The lowest BCUT2D eigenvalue weighted by Gasteiger charge is -2.11. The van der Waals surface area contributed by atoms with Crippen LogP contribution in [0.2, 0.25) is 0 Å². The van der Waals surface area contributed by atoms with Crippen LogP contribution in [-0.2, 0) is 10.0 Å². The second-order valence-corrected chi connectivity index (χ2v) is 6.87. The van der Waals surface area contributed by atoms with Crippen LogP contribution in [0.15, 0.2) is 4.99 Å². The molecular weight excluding hydrogens is 284 g/mol. The van der Waals surface area contributed by atoms with Gasteiger partial charge in [-0.25, -0.2) is 13.1 Å². The van der Waals surface area contributed by atoms with Gasteiger partial charge in [-0.2, -0.15) is 11.8 Å². The minimum atomic E-state index is -3.11. The van der Waals surface area contributed by atoms with Crippen molar-refractivity contribution in [2.75, 3.05) is 44.4 Å². The molecular formula is C11H26N4O2S2. The summed E-state index contributed by atoms with van der Waals surface area (Å²) in [6.45, 7) is 4.45. The predicted octanol–water partition coefficient (Wildman–Crippen LogP) is 0.234. The van der Waals surface area contributed by atoms with Gasteiger partial charge in [0, 0.05) is 26.2 Å². The molecule has 0 aliphatic heterocycles. The number of hydrogen-bond donors (Lipinski definition) is 3. The van der Waals surface area contributed by atoms with Crippen LogP contribution in [0.3, 0.4) is 0 Å². The third-order valence-electron chi connectivity index (χ3n) is 2.15. The van der Waals surface area contributed by atoms with E-state index in [1.165, 1.54) is 6.42 Å². The molecule has 0 spiro atoms. The maximum atomic E-state index is 10.9. The molecule has 0 unspecified atom stereocenters. The van der Waals surface area contributed by atoms with Crippen LogP contribution in [-0.4, -0.2) is 58.8 Å². The van der Waals surface area contributed by atoms with Crippen molar-refractivity contribution >= 4 is 27.7 Å². The van der Waals surface area contributed by atoms with E-state index in [1.54, 1.807) is 0 Å². The van der Waals surface area contributed by atoms with Gasteiger partial charge < -0.3 is 10.6 Å². The highest BCUT2D eigenvalue weighted by Gasteiger charge is 2.00. The molecule has 0 heterocycles. The van der Waals surface area contributed by atoms with Crippen molar-refractivity contribution in [3.8, 4) is 0 Å². The predicted molar refractivity (Wildman–Crippen MR) is 84.4 cm³/mol. The molecule has 0 fully saturated rings. The van der Waals surface area contributed by atoms with Gasteiger partial charge in [-0.05, 0) is 31.8 Å². The first-order valence-corrected chi connectivity index (χ1v) is 9.74. The smallest absolute Gasteiger partial charge is 0.208 e. The van der Waals surface area contributed by atoms with E-state index >= 15 is 0 Å². The second kappa shape index (κ2) is 11.4. The van der Waals surface area contributed by atoms with Gasteiger partial charge in [0.25, 0.3) is 0 Å². The van der Waals surface area contributed by atoms with Gasteiger partial charge in [0.05, 0.1) is 6.26 Å². The zero-order valence-corrected chi connectivity index (χ0v) is 13.7. The van der Waals surface area contributed by atoms with E-state index in [0.717, 1.165) is 37.5 Å². The first-order chi connectivity index (χ1) is 8.99. The van der Waals surface area contributed by atoms with Crippen LogP contribution in [0.1, 0.15) is 19.8 Å². The number of nitrogens with one attached hydrogen (secondary N) is 3. The molecule has 0 aromatic rings. The van der Waals surface area contributed by atoms with Crippen molar-refractivity contribution in [1.82, 2.24) is 15.4 Å². The molecule has 19 heavy (non-hydrogen) atoms. The number of guanidine groups is 1. The number of sulfonamides is 1. The van der Waals surface area contributed by atoms with Crippen molar-refractivity contribution in [1.29, 1.82) is 0 Å². The van der Waals surface area contributed by atoms with Crippen molar-refractivity contribution in [2.45, 2.75) is 19.8 Å². The standard InChI is InChI=1S/C11H26N4O2S2/c1-4-12-11(13-7-5-6-10-18-2)14-8-9-15-19(3,16)17/h15H,4-10H2,1-3H3,(H2,12,13,14). The summed E-state index contributed by atoms with van der Waals surface area (Å²) in [4.78, 5) is 4.43. The summed E-state index contributed by atoms with van der Waals surface area (Å²) in [5.41, 5.74) is 0. The first kappa shape index (κ1) is 18.5. The van der Waals surface area contributed by atoms with E-state index < -0.39 is 10.0 Å². The van der Waals surface area contributed by atoms with Gasteiger partial charge in [0.1, 0.15) is 0 Å². The number of thioether (sulfide) groups is 1. The molecule has 0 saturated carbocycles. The maximum absolute atomic E-state index is 10.9. The zero-order valence-electron chi connectivity index (χ0n) is 12.0. The second-order valence-electron chi connectivity index (χ2n) is 4.05. The van der Waals surface area contributed by atoms with Gasteiger partial charge >= 0.3 is 0 Å². The van der Waals surface area contributed by atoms with E-state index in [-0.39, 0.29) is 0 Å². The van der Waals surface area contributed by atoms with Gasteiger partial charge in [0.15, 0.2) is 5.96 Å². The summed E-state index contributed by atoms with van der Waals surface area (Å²) in [5, 5.41) is 6.22. The molecule has 0 aromatic carbocycles. The largest absolute Gasteiger partial charge is 0.357 e. The Hall–Kier alpha value is -0.470. The molecule has 0 rings (SSSR count). The lowest BCUT2D eigenvalue weighted by molar-refractivity contribution is 0.586.